The minimum absolute atomic E-state index is 0.111. The maximum absolute atomic E-state index is 5.97. The van der Waals surface area contributed by atoms with E-state index in [0.29, 0.717) is 25.6 Å². The third-order valence-corrected chi connectivity index (χ3v) is 4.92. The second-order valence-corrected chi connectivity index (χ2v) is 7.13. The maximum atomic E-state index is 5.97. The average Bonchev–Trinajstić information content (AvgIpc) is 3.22. The number of hydrogen-bond donors (Lipinski definition) is 2. The van der Waals surface area contributed by atoms with Crippen molar-refractivity contribution >= 4 is 5.96 Å². The number of aliphatic imine (C=N–C) groups is 1. The number of guanidine groups is 1. The van der Waals surface area contributed by atoms with Gasteiger partial charge in [-0.25, -0.2) is 4.98 Å². The molecule has 0 aliphatic carbocycles. The van der Waals surface area contributed by atoms with Crippen LogP contribution in [0.25, 0.3) is 0 Å². The lowest BCUT2D eigenvalue weighted by molar-refractivity contribution is 0.235. The van der Waals surface area contributed by atoms with Crippen LogP contribution in [0.5, 0.6) is 11.6 Å². The molecule has 1 unspecified atom stereocenters. The molecule has 1 aromatic heterocycles. The second-order valence-electron chi connectivity index (χ2n) is 7.13. The monoisotopic (exact) mass is 402 g/mol. The van der Waals surface area contributed by atoms with Crippen LogP contribution in [-0.4, -0.2) is 30.6 Å². The van der Waals surface area contributed by atoms with Gasteiger partial charge in [0, 0.05) is 32.3 Å². The molecular weight excluding hydrogens is 376 g/mol. The summed E-state index contributed by atoms with van der Waals surface area (Å²) >= 11 is 0. The molecule has 1 aliphatic heterocycles. The number of ether oxygens (including phenoxy) is 2. The van der Waals surface area contributed by atoms with Crippen molar-refractivity contribution in [3.8, 4) is 11.6 Å². The van der Waals surface area contributed by atoms with Crippen LogP contribution >= 0.6 is 0 Å². The van der Waals surface area contributed by atoms with E-state index >= 15 is 0 Å². The van der Waals surface area contributed by atoms with Crippen molar-refractivity contribution in [1.29, 1.82) is 0 Å². The Morgan fingerprint density at radius 2 is 1.90 bits per heavy atom. The van der Waals surface area contributed by atoms with Crippen molar-refractivity contribution < 1.29 is 9.47 Å². The molecule has 0 spiro atoms. The summed E-state index contributed by atoms with van der Waals surface area (Å²) in [5.41, 5.74) is 3.44. The Hall–Kier alpha value is -3.54. The maximum Gasteiger partial charge on any atom is 0.213 e. The standard InChI is InChI=1S/C24H26N4O2/c1-25-24(28-16-21-14-20-9-5-6-10-22(20)30-21)27-15-19-11-12-26-23(13-19)29-17-18-7-3-2-4-8-18/h2-13,21H,14-17H2,1H3,(H2,25,27,28). The lowest BCUT2D eigenvalue weighted by Gasteiger charge is -2.16. The van der Waals surface area contributed by atoms with Gasteiger partial charge >= 0.3 is 0 Å². The highest BCUT2D eigenvalue weighted by atomic mass is 16.5. The summed E-state index contributed by atoms with van der Waals surface area (Å²) in [5, 5.41) is 6.68. The van der Waals surface area contributed by atoms with Gasteiger partial charge in [0.25, 0.3) is 0 Å². The van der Waals surface area contributed by atoms with E-state index in [9.17, 15) is 0 Å². The zero-order valence-electron chi connectivity index (χ0n) is 17.0. The van der Waals surface area contributed by atoms with Gasteiger partial charge in [0.1, 0.15) is 18.5 Å². The van der Waals surface area contributed by atoms with E-state index in [-0.39, 0.29) is 6.10 Å². The van der Waals surface area contributed by atoms with Crippen LogP contribution in [0.15, 0.2) is 77.9 Å². The predicted molar refractivity (Wildman–Crippen MR) is 118 cm³/mol. The van der Waals surface area contributed by atoms with Crippen molar-refractivity contribution in [2.45, 2.75) is 25.7 Å². The predicted octanol–water partition coefficient (Wildman–Crippen LogP) is 3.33. The minimum Gasteiger partial charge on any atom is -0.488 e. The number of nitrogens with one attached hydrogen (secondary N) is 2. The number of pyridine rings is 1. The van der Waals surface area contributed by atoms with Gasteiger partial charge in [-0.1, -0.05) is 48.5 Å². The van der Waals surface area contributed by atoms with Gasteiger partial charge in [0.15, 0.2) is 5.96 Å². The lowest BCUT2D eigenvalue weighted by atomic mass is 10.1. The molecule has 0 bridgehead atoms. The Kier molecular flexibility index (Phi) is 6.44. The number of benzene rings is 2. The number of nitrogens with zero attached hydrogens (tertiary/aromatic N) is 2. The van der Waals surface area contributed by atoms with Crippen molar-refractivity contribution in [3.63, 3.8) is 0 Å². The van der Waals surface area contributed by atoms with E-state index in [4.69, 9.17) is 9.47 Å². The van der Waals surface area contributed by atoms with Crippen molar-refractivity contribution in [1.82, 2.24) is 15.6 Å². The first-order chi connectivity index (χ1) is 14.8. The van der Waals surface area contributed by atoms with Crippen LogP contribution in [0, 0.1) is 0 Å². The molecule has 0 saturated heterocycles. The summed E-state index contributed by atoms with van der Waals surface area (Å²) in [5.74, 6) is 2.32. The Morgan fingerprint density at radius 1 is 1.07 bits per heavy atom. The van der Waals surface area contributed by atoms with E-state index in [2.05, 4.69) is 26.7 Å². The molecule has 6 heteroatoms. The van der Waals surface area contributed by atoms with Gasteiger partial charge in [-0.15, -0.1) is 0 Å². The Balaban J connectivity index is 1.24. The molecule has 0 radical (unpaired) electrons. The fourth-order valence-corrected chi connectivity index (χ4v) is 3.36. The molecule has 1 aliphatic rings. The fourth-order valence-electron chi connectivity index (χ4n) is 3.36. The SMILES string of the molecule is CN=C(NCc1ccnc(OCc2ccccc2)c1)NCC1Cc2ccccc2O1. The van der Waals surface area contributed by atoms with Crippen LogP contribution in [0.2, 0.25) is 0 Å². The Labute approximate surface area is 177 Å². The zero-order chi connectivity index (χ0) is 20.6. The molecule has 4 rings (SSSR count). The molecule has 30 heavy (non-hydrogen) atoms. The first-order valence-electron chi connectivity index (χ1n) is 10.1. The van der Waals surface area contributed by atoms with Gasteiger partial charge in [-0.05, 0) is 28.8 Å². The molecule has 1 atom stereocenters. The van der Waals surface area contributed by atoms with Gasteiger partial charge in [-0.3, -0.25) is 4.99 Å². The molecule has 154 valence electrons. The van der Waals surface area contributed by atoms with Gasteiger partial charge in [0.2, 0.25) is 5.88 Å². The van der Waals surface area contributed by atoms with Crippen molar-refractivity contribution in [3.05, 3.63) is 89.6 Å². The molecule has 0 fully saturated rings. The number of fused-ring (bicyclic) bond motifs is 1. The normalized spacial score (nSPS) is 15.2. The van der Waals surface area contributed by atoms with Gasteiger partial charge in [-0.2, -0.15) is 0 Å². The zero-order valence-corrected chi connectivity index (χ0v) is 17.0. The molecule has 2 N–H and O–H groups in total. The molecule has 0 amide bonds. The molecule has 6 nitrogen and oxygen atoms in total. The quantitative estimate of drug-likeness (QED) is 0.469. The number of hydrogen-bond acceptors (Lipinski definition) is 4. The summed E-state index contributed by atoms with van der Waals surface area (Å²) in [4.78, 5) is 8.60. The summed E-state index contributed by atoms with van der Waals surface area (Å²) < 4.78 is 11.8. The van der Waals surface area contributed by atoms with Gasteiger partial charge in [0.05, 0.1) is 6.54 Å². The second kappa shape index (κ2) is 9.78. The van der Waals surface area contributed by atoms with Crippen LogP contribution in [-0.2, 0) is 19.6 Å². The lowest BCUT2D eigenvalue weighted by Crippen LogP contribution is -2.41. The number of aromatic nitrogens is 1. The number of rotatable bonds is 7. The molecule has 0 saturated carbocycles. The first kappa shape index (κ1) is 19.8. The smallest absolute Gasteiger partial charge is 0.213 e. The fraction of sp³-hybridized carbons (Fsp3) is 0.250. The van der Waals surface area contributed by atoms with E-state index in [1.165, 1.54) is 5.56 Å². The highest BCUT2D eigenvalue weighted by molar-refractivity contribution is 5.79. The summed E-state index contributed by atoms with van der Waals surface area (Å²) in [6.07, 6.45) is 2.78. The highest BCUT2D eigenvalue weighted by Gasteiger charge is 2.22. The highest BCUT2D eigenvalue weighted by Crippen LogP contribution is 2.27. The minimum atomic E-state index is 0.111. The van der Waals surface area contributed by atoms with Crippen molar-refractivity contribution in [2.24, 2.45) is 4.99 Å². The molecule has 2 aromatic carbocycles. The van der Waals surface area contributed by atoms with Gasteiger partial charge < -0.3 is 20.1 Å². The molecule has 3 aromatic rings. The Morgan fingerprint density at radius 3 is 2.73 bits per heavy atom. The molecule has 2 heterocycles. The van der Waals surface area contributed by atoms with Crippen LogP contribution < -0.4 is 20.1 Å². The third-order valence-electron chi connectivity index (χ3n) is 4.92. The summed E-state index contributed by atoms with van der Waals surface area (Å²) in [7, 11) is 1.76. The third kappa shape index (κ3) is 5.29. The van der Waals surface area contributed by atoms with Crippen LogP contribution in [0.3, 0.4) is 0 Å². The van der Waals surface area contributed by atoms with Crippen LogP contribution in [0.4, 0.5) is 0 Å². The topological polar surface area (TPSA) is 67.8 Å². The van der Waals surface area contributed by atoms with E-state index in [1.807, 2.05) is 60.7 Å². The summed E-state index contributed by atoms with van der Waals surface area (Å²) in [6, 6.07) is 22.2. The van der Waals surface area contributed by atoms with Crippen LogP contribution in [0.1, 0.15) is 16.7 Å². The van der Waals surface area contributed by atoms with E-state index in [1.54, 1.807) is 13.2 Å². The van der Waals surface area contributed by atoms with E-state index in [0.717, 1.165) is 29.3 Å². The average molecular weight is 402 g/mol. The Bertz CT molecular complexity index is 966. The van der Waals surface area contributed by atoms with Crippen molar-refractivity contribution in [2.75, 3.05) is 13.6 Å². The largest absolute Gasteiger partial charge is 0.488 e. The van der Waals surface area contributed by atoms with E-state index < -0.39 is 0 Å². The molecular formula is C24H26N4O2. The summed E-state index contributed by atoms with van der Waals surface area (Å²) in [6.45, 7) is 1.81. The number of para-hydroxylation sites is 1. The first-order valence-corrected chi connectivity index (χ1v) is 10.1.